The number of aromatic nitrogens is 2. The highest BCUT2D eigenvalue weighted by atomic mass is 79.9. The van der Waals surface area contributed by atoms with Gasteiger partial charge in [0.25, 0.3) is 0 Å². The second kappa shape index (κ2) is 10.4. The van der Waals surface area contributed by atoms with E-state index < -0.39 is 11.7 Å². The Morgan fingerprint density at radius 1 is 1.11 bits per heavy atom. The lowest BCUT2D eigenvalue weighted by atomic mass is 10.0. The maximum absolute atomic E-state index is 13.2. The van der Waals surface area contributed by atoms with Gasteiger partial charge in [0.05, 0.1) is 34.7 Å². The smallest absolute Gasteiger partial charge is 0.416 e. The van der Waals surface area contributed by atoms with Crippen molar-refractivity contribution < 1.29 is 14.3 Å². The van der Waals surface area contributed by atoms with Crippen molar-refractivity contribution in [2.24, 2.45) is 5.92 Å². The number of Topliss-reactive ketones (excluding diaryl/α,β-unsaturated/α-hetero) is 1. The van der Waals surface area contributed by atoms with E-state index in [9.17, 15) is 9.59 Å². The van der Waals surface area contributed by atoms with Crippen molar-refractivity contribution in [2.75, 3.05) is 23.3 Å². The first-order valence-electron chi connectivity index (χ1n) is 12.8. The number of fused-ring (bicyclic) bond motifs is 1. The minimum absolute atomic E-state index is 0.0424. The topological polar surface area (TPSA) is 96.5 Å². The van der Waals surface area contributed by atoms with Crippen LogP contribution in [0.15, 0.2) is 47.2 Å². The molecule has 0 radical (unpaired) electrons. The number of carbonyl (C=O) groups is 2. The van der Waals surface area contributed by atoms with Gasteiger partial charge in [-0.15, -0.1) is 0 Å². The third-order valence-corrected chi connectivity index (χ3v) is 7.03. The molecule has 0 unspecified atom stereocenters. The zero-order valence-corrected chi connectivity index (χ0v) is 23.0. The van der Waals surface area contributed by atoms with Crippen LogP contribution in [-0.2, 0) is 4.74 Å². The standard InChI is InChI=1S/C28H32BrN5O3/c1-28(2,3)37-27(36)34(20-5-4-12-30-15-20)24-11-9-19(14-32-24)33-25-21-13-18(29)8-10-23(21)31-16-22(25)26(35)17-6-7-17/h8-11,13-14,16-17,20,30H,4-7,12,15H2,1-3H3,(H,31,33)/t20-/m1/s1. The number of piperidine rings is 1. The number of benzene rings is 1. The van der Waals surface area contributed by atoms with Gasteiger partial charge >= 0.3 is 6.09 Å². The van der Waals surface area contributed by atoms with Crippen LogP contribution in [0, 0.1) is 5.92 Å². The molecule has 1 aromatic carbocycles. The van der Waals surface area contributed by atoms with E-state index in [-0.39, 0.29) is 17.7 Å². The minimum atomic E-state index is -0.611. The third kappa shape index (κ3) is 5.93. The zero-order valence-electron chi connectivity index (χ0n) is 21.4. The van der Waals surface area contributed by atoms with Gasteiger partial charge in [0.2, 0.25) is 0 Å². The predicted molar refractivity (Wildman–Crippen MR) is 149 cm³/mol. The molecule has 1 atom stereocenters. The largest absolute Gasteiger partial charge is 0.443 e. The normalized spacial score (nSPS) is 17.9. The molecule has 0 bridgehead atoms. The molecule has 194 valence electrons. The van der Waals surface area contributed by atoms with Gasteiger partial charge < -0.3 is 15.4 Å². The van der Waals surface area contributed by atoms with Crippen LogP contribution in [0.1, 0.15) is 56.8 Å². The molecule has 2 aromatic heterocycles. The summed E-state index contributed by atoms with van der Waals surface area (Å²) in [6, 6.07) is 9.49. The molecule has 0 spiro atoms. The number of amides is 1. The number of nitrogens with zero attached hydrogens (tertiary/aromatic N) is 3. The quantitative estimate of drug-likeness (QED) is 0.342. The van der Waals surface area contributed by atoms with Crippen molar-refractivity contribution in [3.8, 4) is 0 Å². The number of ether oxygens (including phenoxy) is 1. The highest BCUT2D eigenvalue weighted by Crippen LogP contribution is 2.38. The van der Waals surface area contributed by atoms with Gasteiger partial charge in [0.15, 0.2) is 5.78 Å². The van der Waals surface area contributed by atoms with Gasteiger partial charge in [-0.05, 0) is 83.3 Å². The van der Waals surface area contributed by atoms with E-state index in [2.05, 4.69) is 36.5 Å². The molecule has 2 N–H and O–H groups in total. The molecule has 3 heterocycles. The molecule has 1 amide bonds. The van der Waals surface area contributed by atoms with Crippen LogP contribution in [0.25, 0.3) is 10.9 Å². The van der Waals surface area contributed by atoms with E-state index in [0.29, 0.717) is 23.6 Å². The molecular weight excluding hydrogens is 534 g/mol. The van der Waals surface area contributed by atoms with Crippen LogP contribution < -0.4 is 15.5 Å². The summed E-state index contributed by atoms with van der Waals surface area (Å²) < 4.78 is 6.62. The van der Waals surface area contributed by atoms with E-state index in [0.717, 1.165) is 53.3 Å². The number of anilines is 3. The highest BCUT2D eigenvalue weighted by Gasteiger charge is 2.33. The summed E-state index contributed by atoms with van der Waals surface area (Å²) in [5.41, 5.74) is 2.20. The molecule has 1 aliphatic carbocycles. The Hall–Kier alpha value is -3.04. The molecule has 1 saturated carbocycles. The lowest BCUT2D eigenvalue weighted by Crippen LogP contribution is -2.50. The summed E-state index contributed by atoms with van der Waals surface area (Å²) in [6.45, 7) is 7.21. The molecular formula is C28H32BrN5O3. The van der Waals surface area contributed by atoms with Crippen molar-refractivity contribution in [1.82, 2.24) is 15.3 Å². The molecule has 1 saturated heterocycles. The number of pyridine rings is 2. The molecule has 2 fully saturated rings. The Morgan fingerprint density at radius 2 is 1.92 bits per heavy atom. The first kappa shape index (κ1) is 25.6. The van der Waals surface area contributed by atoms with Crippen molar-refractivity contribution in [3.05, 3.63) is 52.8 Å². The Bertz CT molecular complexity index is 1310. The molecule has 37 heavy (non-hydrogen) atoms. The maximum atomic E-state index is 13.2. The van der Waals surface area contributed by atoms with Crippen LogP contribution in [0.3, 0.4) is 0 Å². The summed E-state index contributed by atoms with van der Waals surface area (Å²) in [4.78, 5) is 37.1. The average Bonchev–Trinajstić information content (AvgIpc) is 3.70. The molecule has 9 heteroatoms. The highest BCUT2D eigenvalue weighted by molar-refractivity contribution is 9.10. The fourth-order valence-electron chi connectivity index (χ4n) is 4.59. The van der Waals surface area contributed by atoms with Gasteiger partial charge in [-0.25, -0.2) is 9.78 Å². The maximum Gasteiger partial charge on any atom is 0.416 e. The van der Waals surface area contributed by atoms with Crippen LogP contribution >= 0.6 is 15.9 Å². The van der Waals surface area contributed by atoms with Crippen molar-refractivity contribution >= 4 is 55.9 Å². The second-order valence-electron chi connectivity index (χ2n) is 10.7. The average molecular weight is 566 g/mol. The summed E-state index contributed by atoms with van der Waals surface area (Å²) in [5.74, 6) is 0.714. The summed E-state index contributed by atoms with van der Waals surface area (Å²) >= 11 is 3.55. The van der Waals surface area contributed by atoms with Crippen molar-refractivity contribution in [2.45, 2.75) is 58.1 Å². The monoisotopic (exact) mass is 565 g/mol. The minimum Gasteiger partial charge on any atom is -0.443 e. The first-order valence-corrected chi connectivity index (χ1v) is 13.6. The predicted octanol–water partition coefficient (Wildman–Crippen LogP) is 6.22. The van der Waals surface area contributed by atoms with Crippen LogP contribution in [0.4, 0.5) is 22.0 Å². The third-order valence-electron chi connectivity index (χ3n) is 6.53. The Balaban J connectivity index is 1.47. The van der Waals surface area contributed by atoms with Crippen LogP contribution in [-0.4, -0.2) is 46.6 Å². The van der Waals surface area contributed by atoms with Crippen LogP contribution in [0.5, 0.6) is 0 Å². The van der Waals surface area contributed by atoms with E-state index >= 15 is 0 Å². The van der Waals surface area contributed by atoms with E-state index in [4.69, 9.17) is 4.74 Å². The lowest BCUT2D eigenvalue weighted by Gasteiger charge is -2.35. The number of halogens is 1. The van der Waals surface area contributed by atoms with Crippen molar-refractivity contribution in [3.63, 3.8) is 0 Å². The van der Waals surface area contributed by atoms with E-state index in [1.807, 2.05) is 51.1 Å². The number of hydrogen-bond acceptors (Lipinski definition) is 7. The molecule has 3 aromatic rings. The molecule has 8 nitrogen and oxygen atoms in total. The summed E-state index contributed by atoms with van der Waals surface area (Å²) in [5, 5.41) is 7.65. The first-order chi connectivity index (χ1) is 17.7. The van der Waals surface area contributed by atoms with Gasteiger partial charge in [-0.1, -0.05) is 15.9 Å². The van der Waals surface area contributed by atoms with Gasteiger partial charge in [0.1, 0.15) is 11.4 Å². The number of hydrogen-bond donors (Lipinski definition) is 2. The number of carbonyl (C=O) groups excluding carboxylic acids is 2. The van der Waals surface area contributed by atoms with Gasteiger partial charge in [-0.3, -0.25) is 14.7 Å². The number of ketones is 1. The Morgan fingerprint density at radius 3 is 2.57 bits per heavy atom. The molecule has 5 rings (SSSR count). The second-order valence-corrected chi connectivity index (χ2v) is 11.6. The molecule has 1 aliphatic heterocycles. The van der Waals surface area contributed by atoms with Gasteiger partial charge in [-0.2, -0.15) is 0 Å². The summed E-state index contributed by atoms with van der Waals surface area (Å²) in [6.07, 6.45) is 6.64. The number of rotatable bonds is 6. The van der Waals surface area contributed by atoms with Crippen molar-refractivity contribution in [1.29, 1.82) is 0 Å². The van der Waals surface area contributed by atoms with Crippen LogP contribution in [0.2, 0.25) is 0 Å². The SMILES string of the molecule is CC(C)(C)OC(=O)N(c1ccc(Nc2c(C(=O)C3CC3)cnc3ccc(Br)cc23)cn1)[C@@H]1CCCNC1. The summed E-state index contributed by atoms with van der Waals surface area (Å²) in [7, 11) is 0. The number of nitrogens with one attached hydrogen (secondary N) is 2. The Kier molecular flexibility index (Phi) is 7.18. The Labute approximate surface area is 225 Å². The molecule has 2 aliphatic rings. The van der Waals surface area contributed by atoms with E-state index in [1.165, 1.54) is 0 Å². The lowest BCUT2D eigenvalue weighted by molar-refractivity contribution is 0.0559. The fraction of sp³-hybridized carbons (Fsp3) is 0.429. The van der Waals surface area contributed by atoms with Gasteiger partial charge in [0, 0.05) is 28.5 Å². The fourth-order valence-corrected chi connectivity index (χ4v) is 4.95. The zero-order chi connectivity index (χ0) is 26.2. The van der Waals surface area contributed by atoms with E-state index in [1.54, 1.807) is 17.3 Å².